The summed E-state index contributed by atoms with van der Waals surface area (Å²) in [6.07, 6.45) is 1.89. The number of rotatable bonds is 3. The minimum absolute atomic E-state index is 0.0753. The Labute approximate surface area is 176 Å². The standard InChI is InChI=1S/C23H31N3O4/c1-22(2,3)17-7-5-16(6-8-17)15-18-19(24-21(28)25(4)20(18)27)26-11-9-23(10-12-26)29-13-14-30-23/h5-8H,9-15H2,1-4H3,(H,24,28). The summed E-state index contributed by atoms with van der Waals surface area (Å²) in [5.74, 6) is 0.121. The number of nitrogens with one attached hydrogen (secondary N) is 1. The van der Waals surface area contributed by atoms with Gasteiger partial charge in [-0.3, -0.25) is 14.3 Å². The lowest BCUT2D eigenvalue weighted by Crippen LogP contribution is -2.47. The van der Waals surface area contributed by atoms with E-state index in [0.717, 1.165) is 10.1 Å². The number of aromatic nitrogens is 2. The van der Waals surface area contributed by atoms with Crippen LogP contribution >= 0.6 is 0 Å². The molecule has 7 heteroatoms. The van der Waals surface area contributed by atoms with Crippen molar-refractivity contribution in [2.75, 3.05) is 31.2 Å². The lowest BCUT2D eigenvalue weighted by atomic mass is 9.86. The van der Waals surface area contributed by atoms with Gasteiger partial charge in [-0.1, -0.05) is 45.0 Å². The zero-order valence-electron chi connectivity index (χ0n) is 18.3. The Morgan fingerprint density at radius 2 is 1.63 bits per heavy atom. The van der Waals surface area contributed by atoms with E-state index in [2.05, 4.69) is 54.9 Å². The van der Waals surface area contributed by atoms with Gasteiger partial charge < -0.3 is 14.4 Å². The van der Waals surface area contributed by atoms with Crippen LogP contribution in [0.2, 0.25) is 0 Å². The number of H-pyrrole nitrogens is 1. The zero-order chi connectivity index (χ0) is 21.5. The molecule has 2 aliphatic heterocycles. The minimum Gasteiger partial charge on any atom is -0.357 e. The molecule has 1 N–H and O–H groups in total. The number of benzene rings is 1. The van der Waals surface area contributed by atoms with E-state index in [9.17, 15) is 9.59 Å². The van der Waals surface area contributed by atoms with E-state index < -0.39 is 11.5 Å². The third-order valence-electron chi connectivity index (χ3n) is 6.23. The molecule has 0 aliphatic carbocycles. The number of hydrogen-bond acceptors (Lipinski definition) is 5. The second-order valence-corrected chi connectivity index (χ2v) is 9.34. The van der Waals surface area contributed by atoms with Gasteiger partial charge >= 0.3 is 5.69 Å². The van der Waals surface area contributed by atoms with Crippen LogP contribution in [0.5, 0.6) is 0 Å². The van der Waals surface area contributed by atoms with Crippen LogP contribution in [0.25, 0.3) is 0 Å². The average molecular weight is 414 g/mol. The first-order valence-electron chi connectivity index (χ1n) is 10.6. The van der Waals surface area contributed by atoms with Crippen molar-refractivity contribution in [3.8, 4) is 0 Å². The van der Waals surface area contributed by atoms with E-state index >= 15 is 0 Å². The summed E-state index contributed by atoms with van der Waals surface area (Å²) in [6, 6.07) is 8.37. The van der Waals surface area contributed by atoms with Gasteiger partial charge in [0.05, 0.1) is 18.8 Å². The Morgan fingerprint density at radius 3 is 2.20 bits per heavy atom. The maximum Gasteiger partial charge on any atom is 0.329 e. The fourth-order valence-electron chi connectivity index (χ4n) is 4.27. The molecule has 7 nitrogen and oxygen atoms in total. The smallest absolute Gasteiger partial charge is 0.329 e. The summed E-state index contributed by atoms with van der Waals surface area (Å²) in [7, 11) is 1.52. The predicted octanol–water partition coefficient (Wildman–Crippen LogP) is 2.31. The van der Waals surface area contributed by atoms with E-state index in [-0.39, 0.29) is 11.0 Å². The Morgan fingerprint density at radius 1 is 1.03 bits per heavy atom. The molecule has 1 spiro atoms. The molecule has 30 heavy (non-hydrogen) atoms. The maximum absolute atomic E-state index is 13.0. The van der Waals surface area contributed by atoms with E-state index in [0.29, 0.717) is 56.9 Å². The predicted molar refractivity (Wildman–Crippen MR) is 116 cm³/mol. The van der Waals surface area contributed by atoms with Crippen LogP contribution in [0.15, 0.2) is 33.9 Å². The van der Waals surface area contributed by atoms with Crippen LogP contribution in [0.4, 0.5) is 5.82 Å². The highest BCUT2D eigenvalue weighted by Gasteiger charge is 2.40. The second-order valence-electron chi connectivity index (χ2n) is 9.34. The number of anilines is 1. The van der Waals surface area contributed by atoms with Crippen LogP contribution in [0.1, 0.15) is 50.3 Å². The monoisotopic (exact) mass is 413 g/mol. The Kier molecular flexibility index (Phi) is 5.36. The molecule has 2 fully saturated rings. The molecule has 2 aliphatic rings. The molecule has 0 bridgehead atoms. The van der Waals surface area contributed by atoms with Crippen LogP contribution in [-0.2, 0) is 28.4 Å². The van der Waals surface area contributed by atoms with Gasteiger partial charge in [0.1, 0.15) is 5.82 Å². The number of hydrogen-bond donors (Lipinski definition) is 1. The third-order valence-corrected chi connectivity index (χ3v) is 6.23. The normalized spacial score (nSPS) is 18.9. The highest BCUT2D eigenvalue weighted by atomic mass is 16.7. The molecule has 0 radical (unpaired) electrons. The summed E-state index contributed by atoms with van der Waals surface area (Å²) in [6.45, 7) is 9.12. The maximum atomic E-state index is 13.0. The van der Waals surface area contributed by atoms with Crippen LogP contribution < -0.4 is 16.1 Å². The Bertz CT molecular complexity index is 1010. The number of piperidine rings is 1. The Balaban J connectivity index is 1.63. The van der Waals surface area contributed by atoms with Crippen LogP contribution in [0.3, 0.4) is 0 Å². The summed E-state index contributed by atoms with van der Waals surface area (Å²) in [4.78, 5) is 30.4. The third kappa shape index (κ3) is 3.96. The molecule has 1 aromatic carbocycles. The van der Waals surface area contributed by atoms with Crippen LogP contribution in [-0.4, -0.2) is 41.6 Å². The number of aromatic amines is 1. The fourth-order valence-corrected chi connectivity index (χ4v) is 4.27. The highest BCUT2D eigenvalue weighted by molar-refractivity contribution is 5.48. The van der Waals surface area contributed by atoms with Gasteiger partial charge in [0, 0.05) is 39.4 Å². The van der Waals surface area contributed by atoms with Gasteiger partial charge in [-0.05, 0) is 16.5 Å². The molecular weight excluding hydrogens is 382 g/mol. The molecule has 0 unspecified atom stereocenters. The molecule has 0 amide bonds. The van der Waals surface area contributed by atoms with Crippen molar-refractivity contribution in [2.24, 2.45) is 7.05 Å². The number of ether oxygens (including phenoxy) is 2. The van der Waals surface area contributed by atoms with E-state index in [1.807, 2.05) is 0 Å². The molecule has 0 saturated carbocycles. The molecular formula is C23H31N3O4. The molecule has 1 aromatic heterocycles. The zero-order valence-corrected chi connectivity index (χ0v) is 18.3. The first-order valence-corrected chi connectivity index (χ1v) is 10.6. The summed E-state index contributed by atoms with van der Waals surface area (Å²) < 4.78 is 12.8. The fraction of sp³-hybridized carbons (Fsp3) is 0.565. The Hall–Kier alpha value is -2.38. The van der Waals surface area contributed by atoms with Crippen molar-refractivity contribution in [3.63, 3.8) is 0 Å². The first kappa shape index (κ1) is 20.9. The average Bonchev–Trinajstić information content (AvgIpc) is 3.17. The summed E-state index contributed by atoms with van der Waals surface area (Å²) >= 11 is 0. The minimum atomic E-state index is -0.501. The molecule has 2 saturated heterocycles. The van der Waals surface area contributed by atoms with Gasteiger partial charge in [0.15, 0.2) is 5.79 Å². The van der Waals surface area contributed by atoms with E-state index in [4.69, 9.17) is 9.47 Å². The van der Waals surface area contributed by atoms with Crippen molar-refractivity contribution in [2.45, 2.75) is 51.2 Å². The molecule has 2 aromatic rings. The molecule has 162 valence electrons. The lowest BCUT2D eigenvalue weighted by Gasteiger charge is -2.38. The van der Waals surface area contributed by atoms with Crippen LogP contribution in [0, 0.1) is 0 Å². The SMILES string of the molecule is Cn1c(=O)[nH]c(N2CCC3(CC2)OCCO3)c(Cc2ccc(C(C)(C)C)cc2)c1=O. The summed E-state index contributed by atoms with van der Waals surface area (Å²) in [5, 5.41) is 0. The number of nitrogens with zero attached hydrogens (tertiary/aromatic N) is 2. The van der Waals surface area contributed by atoms with Crippen molar-refractivity contribution < 1.29 is 9.47 Å². The largest absolute Gasteiger partial charge is 0.357 e. The van der Waals surface area contributed by atoms with Crippen molar-refractivity contribution in [1.29, 1.82) is 0 Å². The van der Waals surface area contributed by atoms with Gasteiger partial charge in [-0.25, -0.2) is 4.79 Å². The van der Waals surface area contributed by atoms with Crippen molar-refractivity contribution in [1.82, 2.24) is 9.55 Å². The quantitative estimate of drug-likeness (QED) is 0.836. The topological polar surface area (TPSA) is 76.6 Å². The second kappa shape index (κ2) is 7.71. The van der Waals surface area contributed by atoms with E-state index in [1.165, 1.54) is 12.6 Å². The summed E-state index contributed by atoms with van der Waals surface area (Å²) in [5.41, 5.74) is 2.34. The van der Waals surface area contributed by atoms with E-state index in [1.54, 1.807) is 0 Å². The van der Waals surface area contributed by atoms with Crippen molar-refractivity contribution in [3.05, 3.63) is 61.8 Å². The van der Waals surface area contributed by atoms with Crippen molar-refractivity contribution >= 4 is 5.82 Å². The molecule has 0 atom stereocenters. The van der Waals surface area contributed by atoms with Gasteiger partial charge in [-0.2, -0.15) is 0 Å². The highest BCUT2D eigenvalue weighted by Crippen LogP contribution is 2.33. The van der Waals surface area contributed by atoms with Gasteiger partial charge in [0.25, 0.3) is 5.56 Å². The van der Waals surface area contributed by atoms with Gasteiger partial charge in [-0.15, -0.1) is 0 Å². The van der Waals surface area contributed by atoms with Gasteiger partial charge in [0.2, 0.25) is 0 Å². The molecule has 3 heterocycles. The lowest BCUT2D eigenvalue weighted by molar-refractivity contribution is -0.169. The first-order chi connectivity index (χ1) is 14.2. The molecule has 4 rings (SSSR count).